The Balaban J connectivity index is 1.40. The van der Waals surface area contributed by atoms with Crippen molar-refractivity contribution in [2.24, 2.45) is 0 Å². The van der Waals surface area contributed by atoms with Gasteiger partial charge in [0.25, 0.3) is 11.6 Å². The number of sulfonamides is 1. The zero-order valence-corrected chi connectivity index (χ0v) is 19.9. The third-order valence-electron chi connectivity index (χ3n) is 6.25. The van der Waals surface area contributed by atoms with Gasteiger partial charge in [0.15, 0.2) is 0 Å². The number of nitrogens with zero attached hydrogens (tertiary/aromatic N) is 4. The molecule has 190 valence electrons. The Labute approximate surface area is 205 Å². The van der Waals surface area contributed by atoms with E-state index >= 15 is 0 Å². The second kappa shape index (κ2) is 9.28. The normalized spacial score (nSPS) is 20.9. The fraction of sp³-hybridized carbons (Fsp3) is 0.318. The van der Waals surface area contributed by atoms with E-state index < -0.39 is 50.7 Å². The third-order valence-corrected chi connectivity index (χ3v) is 8.14. The quantitative estimate of drug-likeness (QED) is 0.340. The van der Waals surface area contributed by atoms with Gasteiger partial charge in [-0.15, -0.1) is 0 Å². The Bertz CT molecular complexity index is 1340. The fourth-order valence-corrected chi connectivity index (χ4v) is 5.60. The van der Waals surface area contributed by atoms with E-state index in [-0.39, 0.29) is 36.8 Å². The first kappa shape index (κ1) is 25.2. The number of nitro benzene ring substituents is 1. The predicted octanol–water partition coefficient (Wildman–Crippen LogP) is 1.03. The lowest BCUT2D eigenvalue weighted by Gasteiger charge is -2.34. The first-order chi connectivity index (χ1) is 16.9. The van der Waals surface area contributed by atoms with Gasteiger partial charge in [-0.3, -0.25) is 24.6 Å². The van der Waals surface area contributed by atoms with Crippen LogP contribution in [0.4, 0.5) is 14.9 Å². The van der Waals surface area contributed by atoms with Gasteiger partial charge in [-0.2, -0.15) is 4.31 Å². The number of rotatable bonds is 6. The number of nitro groups is 1. The molecule has 14 heteroatoms. The third kappa shape index (κ3) is 4.52. The highest BCUT2D eigenvalue weighted by Gasteiger charge is 2.50. The molecule has 2 aromatic rings. The van der Waals surface area contributed by atoms with Crippen molar-refractivity contribution >= 4 is 33.6 Å². The highest BCUT2D eigenvalue weighted by atomic mass is 32.2. The number of carbonyl (C=O) groups excluding carboxylic acids is 3. The smallest absolute Gasteiger partial charge is 0.325 e. The molecule has 0 aromatic heterocycles. The zero-order valence-electron chi connectivity index (χ0n) is 19.1. The molecule has 2 heterocycles. The van der Waals surface area contributed by atoms with Crippen molar-refractivity contribution in [3.05, 3.63) is 70.0 Å². The summed E-state index contributed by atoms with van der Waals surface area (Å²) in [5.74, 6) is -1.92. The SMILES string of the molecule is C[C@]1(c2ccc([N+](=O)[O-])cc2)NC(=O)N(CC(=O)N2CCN(S(=O)(=O)c3cccc(F)c3)CC2)C1=O. The molecule has 0 unspecified atom stereocenters. The van der Waals surface area contributed by atoms with Crippen LogP contribution in [0.15, 0.2) is 53.4 Å². The number of halogens is 1. The molecule has 36 heavy (non-hydrogen) atoms. The Morgan fingerprint density at radius 1 is 1.11 bits per heavy atom. The first-order valence-corrected chi connectivity index (χ1v) is 12.3. The van der Waals surface area contributed by atoms with E-state index in [0.717, 1.165) is 21.3 Å². The summed E-state index contributed by atoms with van der Waals surface area (Å²) in [7, 11) is -3.94. The van der Waals surface area contributed by atoms with Gasteiger partial charge in [0, 0.05) is 38.3 Å². The van der Waals surface area contributed by atoms with Crippen LogP contribution in [0.3, 0.4) is 0 Å². The number of hydrogen-bond donors (Lipinski definition) is 1. The summed E-state index contributed by atoms with van der Waals surface area (Å²) in [6.07, 6.45) is 0. The monoisotopic (exact) mass is 519 g/mol. The van der Waals surface area contributed by atoms with Crippen LogP contribution in [0.25, 0.3) is 0 Å². The lowest BCUT2D eigenvalue weighted by atomic mass is 9.92. The maximum atomic E-state index is 13.5. The van der Waals surface area contributed by atoms with E-state index in [1.807, 2.05) is 0 Å². The van der Waals surface area contributed by atoms with Crippen LogP contribution in [0.1, 0.15) is 12.5 Å². The van der Waals surface area contributed by atoms with Crippen molar-refractivity contribution < 1.29 is 32.1 Å². The summed E-state index contributed by atoms with van der Waals surface area (Å²) in [5.41, 5.74) is -1.37. The van der Waals surface area contributed by atoms with E-state index in [0.29, 0.717) is 5.56 Å². The number of benzene rings is 2. The van der Waals surface area contributed by atoms with Crippen LogP contribution in [0, 0.1) is 15.9 Å². The molecule has 0 aliphatic carbocycles. The van der Waals surface area contributed by atoms with Crippen LogP contribution in [0.2, 0.25) is 0 Å². The number of carbonyl (C=O) groups is 3. The van der Waals surface area contributed by atoms with E-state index in [1.54, 1.807) is 0 Å². The molecule has 12 nitrogen and oxygen atoms in total. The Morgan fingerprint density at radius 3 is 2.33 bits per heavy atom. The maximum Gasteiger partial charge on any atom is 0.325 e. The summed E-state index contributed by atoms with van der Waals surface area (Å²) in [4.78, 5) is 50.7. The summed E-state index contributed by atoms with van der Waals surface area (Å²) < 4.78 is 40.1. The average Bonchev–Trinajstić information content (AvgIpc) is 3.07. The maximum absolute atomic E-state index is 13.5. The molecule has 0 bridgehead atoms. The molecule has 2 aliphatic rings. The molecular formula is C22H22FN5O7S. The number of nitrogens with one attached hydrogen (secondary N) is 1. The second-order valence-corrected chi connectivity index (χ2v) is 10.4. The summed E-state index contributed by atoms with van der Waals surface area (Å²) in [5, 5.41) is 13.4. The minimum Gasteiger partial charge on any atom is -0.338 e. The highest BCUT2D eigenvalue weighted by Crippen LogP contribution is 2.30. The topological polar surface area (TPSA) is 150 Å². The number of hydrogen-bond acceptors (Lipinski definition) is 7. The second-order valence-electron chi connectivity index (χ2n) is 8.49. The number of amides is 4. The van der Waals surface area contributed by atoms with Gasteiger partial charge < -0.3 is 10.2 Å². The van der Waals surface area contributed by atoms with Crippen LogP contribution < -0.4 is 5.32 Å². The minimum absolute atomic E-state index is 0.0245. The van der Waals surface area contributed by atoms with Gasteiger partial charge in [0.2, 0.25) is 15.9 Å². The van der Waals surface area contributed by atoms with E-state index in [1.165, 1.54) is 48.2 Å². The van der Waals surface area contributed by atoms with Crippen LogP contribution in [-0.4, -0.2) is 78.0 Å². The Hall–Kier alpha value is -3.91. The van der Waals surface area contributed by atoms with Gasteiger partial charge in [0.05, 0.1) is 9.82 Å². The fourth-order valence-electron chi connectivity index (χ4n) is 4.14. The van der Waals surface area contributed by atoms with Gasteiger partial charge in [-0.05, 0) is 42.8 Å². The lowest BCUT2D eigenvalue weighted by Crippen LogP contribution is -2.53. The molecule has 1 N–H and O–H groups in total. The number of urea groups is 1. The van der Waals surface area contributed by atoms with Crippen molar-refractivity contribution in [2.75, 3.05) is 32.7 Å². The van der Waals surface area contributed by atoms with Crippen molar-refractivity contribution in [3.8, 4) is 0 Å². The Kier molecular flexibility index (Phi) is 6.49. The van der Waals surface area contributed by atoms with Crippen molar-refractivity contribution in [1.82, 2.24) is 19.4 Å². The van der Waals surface area contributed by atoms with E-state index in [4.69, 9.17) is 0 Å². The molecular weight excluding hydrogens is 497 g/mol. The summed E-state index contributed by atoms with van der Waals surface area (Å²) >= 11 is 0. The molecule has 2 aromatic carbocycles. The first-order valence-electron chi connectivity index (χ1n) is 10.9. The number of piperazine rings is 1. The van der Waals surface area contributed by atoms with Crippen LogP contribution >= 0.6 is 0 Å². The molecule has 2 fully saturated rings. The Morgan fingerprint density at radius 2 is 1.75 bits per heavy atom. The summed E-state index contributed by atoms with van der Waals surface area (Å²) in [6.45, 7) is 0.864. The predicted molar refractivity (Wildman–Crippen MR) is 122 cm³/mol. The molecule has 1 atom stereocenters. The van der Waals surface area contributed by atoms with Crippen molar-refractivity contribution in [1.29, 1.82) is 0 Å². The van der Waals surface area contributed by atoms with Crippen LogP contribution in [-0.2, 0) is 25.2 Å². The molecule has 4 rings (SSSR count). The summed E-state index contributed by atoms with van der Waals surface area (Å²) in [6, 6.07) is 9.00. The molecule has 0 spiro atoms. The average molecular weight is 520 g/mol. The highest BCUT2D eigenvalue weighted by molar-refractivity contribution is 7.89. The molecule has 0 radical (unpaired) electrons. The van der Waals surface area contributed by atoms with Gasteiger partial charge >= 0.3 is 6.03 Å². The lowest BCUT2D eigenvalue weighted by molar-refractivity contribution is -0.384. The van der Waals surface area contributed by atoms with Gasteiger partial charge in [0.1, 0.15) is 17.9 Å². The van der Waals surface area contributed by atoms with Crippen molar-refractivity contribution in [3.63, 3.8) is 0 Å². The largest absolute Gasteiger partial charge is 0.338 e. The number of non-ortho nitro benzene ring substituents is 1. The zero-order chi connectivity index (χ0) is 26.3. The van der Waals surface area contributed by atoms with E-state index in [9.17, 15) is 37.3 Å². The van der Waals surface area contributed by atoms with Crippen LogP contribution in [0.5, 0.6) is 0 Å². The number of imide groups is 1. The minimum atomic E-state index is -3.94. The molecule has 0 saturated carbocycles. The van der Waals surface area contributed by atoms with E-state index in [2.05, 4.69) is 5.32 Å². The molecule has 2 saturated heterocycles. The standard InChI is InChI=1S/C22H22FN5O7S/c1-22(15-5-7-17(8-6-15)28(32)33)20(30)27(21(31)24-22)14-19(29)25-9-11-26(12-10-25)36(34,35)18-4-2-3-16(23)13-18/h2-8,13H,9-12,14H2,1H3,(H,24,31)/t22-/m1/s1. The van der Waals surface area contributed by atoms with Gasteiger partial charge in [-0.25, -0.2) is 17.6 Å². The molecule has 4 amide bonds. The molecule has 2 aliphatic heterocycles. The van der Waals surface area contributed by atoms with Gasteiger partial charge in [-0.1, -0.05) is 6.07 Å². The van der Waals surface area contributed by atoms with Crippen molar-refractivity contribution in [2.45, 2.75) is 17.4 Å².